The third-order valence-corrected chi connectivity index (χ3v) is 6.04. The maximum atomic E-state index is 11.8. The maximum absolute atomic E-state index is 11.8. The molecular weight excluding hydrogens is 386 g/mol. The number of fused-ring (bicyclic) bond motifs is 1. The molecule has 1 heterocycles. The molecule has 1 aromatic heterocycles. The topological polar surface area (TPSA) is 95.1 Å². The van der Waals surface area contributed by atoms with Crippen molar-refractivity contribution in [3.8, 4) is 6.07 Å². The number of hydrogen-bond donors (Lipinski definition) is 2. The Kier molecular flexibility index (Phi) is 5.69. The lowest BCUT2D eigenvalue weighted by molar-refractivity contribution is 0.0565. The lowest BCUT2D eigenvalue weighted by Gasteiger charge is -2.40. The average molecular weight is 412 g/mol. The highest BCUT2D eigenvalue weighted by Gasteiger charge is 2.39. The Labute approximate surface area is 171 Å². The number of aromatic nitrogens is 1. The fourth-order valence-electron chi connectivity index (χ4n) is 4.08. The van der Waals surface area contributed by atoms with E-state index in [4.69, 9.17) is 5.26 Å². The summed E-state index contributed by atoms with van der Waals surface area (Å²) in [5, 5.41) is 21.0. The molecule has 0 aliphatic carbocycles. The summed E-state index contributed by atoms with van der Waals surface area (Å²) in [6.45, 7) is 3.95. The van der Waals surface area contributed by atoms with Gasteiger partial charge >= 0.3 is 0 Å². The molecule has 7 heteroatoms. The van der Waals surface area contributed by atoms with Crippen molar-refractivity contribution >= 4 is 26.6 Å². The molecule has 0 saturated heterocycles. The number of nitrogens with zero attached hydrogens (tertiary/aromatic N) is 2. The Balaban J connectivity index is 2.27. The molecule has 0 amide bonds. The molecule has 2 N–H and O–H groups in total. The van der Waals surface area contributed by atoms with Gasteiger partial charge in [0.15, 0.2) is 0 Å². The van der Waals surface area contributed by atoms with Crippen LogP contribution in [0.3, 0.4) is 0 Å². The van der Waals surface area contributed by atoms with Crippen molar-refractivity contribution in [3.05, 3.63) is 65.9 Å². The van der Waals surface area contributed by atoms with Crippen LogP contribution in [-0.4, -0.2) is 30.5 Å². The Morgan fingerprint density at radius 1 is 1.17 bits per heavy atom. The fourth-order valence-corrected chi connectivity index (χ4v) is 4.65. The number of rotatable bonds is 7. The predicted molar refractivity (Wildman–Crippen MR) is 115 cm³/mol. The molecule has 2 aromatic carbocycles. The summed E-state index contributed by atoms with van der Waals surface area (Å²) in [6, 6.07) is 16.7. The first-order chi connectivity index (χ1) is 13.8. The summed E-state index contributed by atoms with van der Waals surface area (Å²) in [4.78, 5) is 0. The second-order valence-corrected chi connectivity index (χ2v) is 8.94. The molecule has 2 atom stereocenters. The van der Waals surface area contributed by atoms with Crippen molar-refractivity contribution in [1.29, 1.82) is 5.26 Å². The van der Waals surface area contributed by atoms with Crippen LogP contribution in [0.4, 0.5) is 5.69 Å². The zero-order valence-corrected chi connectivity index (χ0v) is 17.6. The molecule has 0 spiro atoms. The summed E-state index contributed by atoms with van der Waals surface area (Å²) in [5.74, 6) is 0. The van der Waals surface area contributed by atoms with Crippen molar-refractivity contribution in [3.63, 3.8) is 0 Å². The lowest BCUT2D eigenvalue weighted by Crippen LogP contribution is -2.45. The first-order valence-corrected chi connectivity index (χ1v) is 11.4. The first kappa shape index (κ1) is 20.9. The van der Waals surface area contributed by atoms with Crippen molar-refractivity contribution in [1.82, 2.24) is 4.57 Å². The number of anilines is 1. The molecule has 6 nitrogen and oxygen atoms in total. The third-order valence-electron chi connectivity index (χ3n) is 5.45. The van der Waals surface area contributed by atoms with Crippen molar-refractivity contribution in [2.24, 2.45) is 0 Å². The summed E-state index contributed by atoms with van der Waals surface area (Å²) >= 11 is 0. The van der Waals surface area contributed by atoms with Crippen LogP contribution in [-0.2, 0) is 15.6 Å². The van der Waals surface area contributed by atoms with Crippen molar-refractivity contribution < 1.29 is 13.5 Å². The monoisotopic (exact) mass is 411 g/mol. The Bertz CT molecular complexity index is 1160. The van der Waals surface area contributed by atoms with Gasteiger partial charge in [0, 0.05) is 11.6 Å². The molecular formula is C22H25N3O3S. The number of nitrogens with one attached hydrogen (secondary N) is 1. The van der Waals surface area contributed by atoms with Gasteiger partial charge in [-0.25, -0.2) is 8.42 Å². The zero-order chi connectivity index (χ0) is 21.2. The molecule has 0 radical (unpaired) electrons. The quantitative estimate of drug-likeness (QED) is 0.618. The average Bonchev–Trinajstić information content (AvgIpc) is 3.14. The number of benzene rings is 2. The molecule has 3 aromatic rings. The van der Waals surface area contributed by atoms with E-state index in [2.05, 4.69) is 10.8 Å². The summed E-state index contributed by atoms with van der Waals surface area (Å²) in [5.41, 5.74) is 2.01. The van der Waals surface area contributed by atoms with Gasteiger partial charge in [-0.2, -0.15) is 5.26 Å². The standard InChI is InChI=1S/C22H25N3O3S/c1-4-21(26)22(5-2,17-11-9-16(15-23)10-12-17)25-14-13-18-19(24-29(3,27)28)7-6-8-20(18)25/h6-14,21,24,26H,4-5H2,1-3H3. The van der Waals surface area contributed by atoms with Gasteiger partial charge < -0.3 is 9.67 Å². The Morgan fingerprint density at radius 3 is 2.41 bits per heavy atom. The summed E-state index contributed by atoms with van der Waals surface area (Å²) < 4.78 is 28.1. The van der Waals surface area contributed by atoms with Crippen LogP contribution in [0.25, 0.3) is 10.9 Å². The van der Waals surface area contributed by atoms with Crippen molar-refractivity contribution in [2.45, 2.75) is 38.3 Å². The van der Waals surface area contributed by atoms with Gasteiger partial charge in [-0.1, -0.05) is 32.0 Å². The minimum atomic E-state index is -3.42. The van der Waals surface area contributed by atoms with E-state index in [1.165, 1.54) is 0 Å². The molecule has 2 unspecified atom stereocenters. The van der Waals surface area contributed by atoms with E-state index in [1.54, 1.807) is 24.3 Å². The molecule has 29 heavy (non-hydrogen) atoms. The normalized spacial score (nSPS) is 14.9. The molecule has 0 fully saturated rings. The molecule has 0 bridgehead atoms. The SMILES string of the molecule is CCC(O)C(CC)(c1ccc(C#N)cc1)n1ccc2c(NS(C)(=O)=O)cccc21. The van der Waals surface area contributed by atoms with Gasteiger partial charge in [0.1, 0.15) is 0 Å². The van der Waals surface area contributed by atoms with Crippen LogP contribution in [0, 0.1) is 11.3 Å². The van der Waals surface area contributed by atoms with E-state index in [0.717, 1.165) is 22.7 Å². The van der Waals surface area contributed by atoms with Gasteiger partial charge in [0.05, 0.1) is 40.7 Å². The number of aliphatic hydroxyl groups excluding tert-OH is 1. The molecule has 3 rings (SSSR count). The number of aliphatic hydroxyl groups is 1. The van der Waals surface area contributed by atoms with E-state index in [9.17, 15) is 13.5 Å². The fraction of sp³-hybridized carbons (Fsp3) is 0.318. The van der Waals surface area contributed by atoms with Crippen LogP contribution >= 0.6 is 0 Å². The highest BCUT2D eigenvalue weighted by Crippen LogP contribution is 2.39. The minimum Gasteiger partial charge on any atom is -0.390 e. The van der Waals surface area contributed by atoms with Crippen LogP contribution in [0.1, 0.15) is 37.8 Å². The number of sulfonamides is 1. The predicted octanol–water partition coefficient (Wildman–Crippen LogP) is 3.81. The Morgan fingerprint density at radius 2 is 1.86 bits per heavy atom. The van der Waals surface area contributed by atoms with Crippen LogP contribution in [0.2, 0.25) is 0 Å². The largest absolute Gasteiger partial charge is 0.390 e. The maximum Gasteiger partial charge on any atom is 0.229 e. The van der Waals surface area contributed by atoms with Gasteiger partial charge in [0.25, 0.3) is 0 Å². The Hall–Kier alpha value is -2.82. The van der Waals surface area contributed by atoms with Crippen LogP contribution < -0.4 is 4.72 Å². The van der Waals surface area contributed by atoms with E-state index < -0.39 is 21.7 Å². The van der Waals surface area contributed by atoms with Crippen LogP contribution in [0.15, 0.2) is 54.7 Å². The highest BCUT2D eigenvalue weighted by atomic mass is 32.2. The smallest absolute Gasteiger partial charge is 0.229 e. The number of hydrogen-bond acceptors (Lipinski definition) is 4. The molecule has 152 valence electrons. The van der Waals surface area contributed by atoms with Gasteiger partial charge in [-0.3, -0.25) is 4.72 Å². The van der Waals surface area contributed by atoms with Crippen molar-refractivity contribution in [2.75, 3.05) is 11.0 Å². The second-order valence-electron chi connectivity index (χ2n) is 7.19. The van der Waals surface area contributed by atoms with Crippen LogP contribution in [0.5, 0.6) is 0 Å². The second kappa shape index (κ2) is 7.90. The molecule has 0 aliphatic heterocycles. The van der Waals surface area contributed by atoms with E-state index in [1.807, 2.05) is 48.9 Å². The summed E-state index contributed by atoms with van der Waals surface area (Å²) in [6.07, 6.45) is 3.48. The van der Waals surface area contributed by atoms with E-state index in [0.29, 0.717) is 24.1 Å². The lowest BCUT2D eigenvalue weighted by atomic mass is 9.80. The highest BCUT2D eigenvalue weighted by molar-refractivity contribution is 7.92. The first-order valence-electron chi connectivity index (χ1n) is 9.54. The van der Waals surface area contributed by atoms with Gasteiger partial charge in [0.2, 0.25) is 10.0 Å². The molecule has 0 saturated carbocycles. The van der Waals surface area contributed by atoms with E-state index in [-0.39, 0.29) is 0 Å². The van der Waals surface area contributed by atoms with E-state index >= 15 is 0 Å². The van der Waals surface area contributed by atoms with Gasteiger partial charge in [-0.05, 0) is 48.7 Å². The van der Waals surface area contributed by atoms with Gasteiger partial charge in [-0.15, -0.1) is 0 Å². The zero-order valence-electron chi connectivity index (χ0n) is 16.8. The number of nitriles is 1. The molecule has 0 aliphatic rings. The third kappa shape index (κ3) is 3.74. The summed E-state index contributed by atoms with van der Waals surface area (Å²) in [7, 11) is -3.42. The minimum absolute atomic E-state index is 0.500.